The molecule has 1 aromatic carbocycles. The van der Waals surface area contributed by atoms with Gasteiger partial charge in [-0.2, -0.15) is 0 Å². The summed E-state index contributed by atoms with van der Waals surface area (Å²) in [6, 6.07) is 7.63. The fourth-order valence-corrected chi connectivity index (χ4v) is 4.82. The number of carbonyl (C=O) groups excluding carboxylic acids is 2. The second kappa shape index (κ2) is 10.1. The monoisotopic (exact) mass is 436 g/mol. The molecule has 2 saturated heterocycles. The van der Waals surface area contributed by atoms with Gasteiger partial charge in [0, 0.05) is 32.3 Å². The molecule has 0 aliphatic carbocycles. The van der Waals surface area contributed by atoms with E-state index in [1.54, 1.807) is 13.3 Å². The number of carbonyl (C=O) groups is 2. The summed E-state index contributed by atoms with van der Waals surface area (Å²) in [6.45, 7) is 4.08. The van der Waals surface area contributed by atoms with Crippen LogP contribution in [0.4, 0.5) is 0 Å². The van der Waals surface area contributed by atoms with Crippen LogP contribution in [0.25, 0.3) is 0 Å². The molecule has 7 heteroatoms. The molecule has 0 bridgehead atoms. The van der Waals surface area contributed by atoms with Gasteiger partial charge in [0.25, 0.3) is 5.91 Å². The molecular formula is C25H32N4O3. The highest BCUT2D eigenvalue weighted by atomic mass is 16.5. The molecule has 1 atom stereocenters. The Morgan fingerprint density at radius 2 is 1.88 bits per heavy atom. The molecule has 0 radical (unpaired) electrons. The normalized spacial score (nSPS) is 18.6. The van der Waals surface area contributed by atoms with E-state index in [0.29, 0.717) is 36.5 Å². The zero-order valence-corrected chi connectivity index (χ0v) is 19.0. The topological polar surface area (TPSA) is 75.6 Å². The summed E-state index contributed by atoms with van der Waals surface area (Å²) in [4.78, 5) is 39.3. The van der Waals surface area contributed by atoms with Crippen LogP contribution in [-0.4, -0.2) is 58.3 Å². The lowest BCUT2D eigenvalue weighted by molar-refractivity contribution is -0.132. The van der Waals surface area contributed by atoms with Crippen LogP contribution in [0.5, 0.6) is 5.75 Å². The number of benzene rings is 1. The summed E-state index contributed by atoms with van der Waals surface area (Å²) in [7, 11) is 1.65. The predicted octanol–water partition coefficient (Wildman–Crippen LogP) is 3.72. The number of nitrogens with zero attached hydrogens (tertiary/aromatic N) is 4. The Morgan fingerprint density at radius 1 is 1.09 bits per heavy atom. The van der Waals surface area contributed by atoms with Crippen molar-refractivity contribution in [3.05, 3.63) is 53.1 Å². The van der Waals surface area contributed by atoms with Crippen LogP contribution >= 0.6 is 0 Å². The number of aryl methyl sites for hydroxylation is 2. The van der Waals surface area contributed by atoms with Crippen molar-refractivity contribution in [1.82, 2.24) is 19.8 Å². The highest BCUT2D eigenvalue weighted by Crippen LogP contribution is 2.34. The van der Waals surface area contributed by atoms with Gasteiger partial charge in [0.2, 0.25) is 5.91 Å². The zero-order valence-electron chi connectivity index (χ0n) is 19.0. The number of rotatable bonds is 6. The van der Waals surface area contributed by atoms with E-state index in [0.717, 1.165) is 56.5 Å². The van der Waals surface area contributed by atoms with Crippen molar-refractivity contribution in [1.29, 1.82) is 0 Å². The Labute approximate surface area is 189 Å². The number of piperidine rings is 1. The van der Waals surface area contributed by atoms with Gasteiger partial charge >= 0.3 is 0 Å². The second-order valence-electron chi connectivity index (χ2n) is 8.63. The zero-order chi connectivity index (χ0) is 22.5. The lowest BCUT2D eigenvalue weighted by Gasteiger charge is -2.30. The van der Waals surface area contributed by atoms with E-state index < -0.39 is 0 Å². The van der Waals surface area contributed by atoms with Gasteiger partial charge < -0.3 is 14.5 Å². The molecule has 0 spiro atoms. The fourth-order valence-electron chi connectivity index (χ4n) is 4.82. The van der Waals surface area contributed by atoms with E-state index in [1.165, 1.54) is 0 Å². The van der Waals surface area contributed by atoms with Crippen LogP contribution in [0.3, 0.4) is 0 Å². The van der Waals surface area contributed by atoms with Crippen LogP contribution in [0.1, 0.15) is 72.0 Å². The predicted molar refractivity (Wildman–Crippen MR) is 122 cm³/mol. The van der Waals surface area contributed by atoms with Crippen molar-refractivity contribution in [2.75, 3.05) is 26.7 Å². The average molecular weight is 437 g/mol. The molecule has 170 valence electrons. The van der Waals surface area contributed by atoms with Crippen LogP contribution < -0.4 is 4.74 Å². The highest BCUT2D eigenvalue weighted by Gasteiger charge is 2.35. The molecule has 0 unspecified atom stereocenters. The van der Waals surface area contributed by atoms with Crippen molar-refractivity contribution < 1.29 is 14.3 Å². The summed E-state index contributed by atoms with van der Waals surface area (Å²) in [5.41, 5.74) is 2.28. The molecule has 0 N–H and O–H groups in total. The second-order valence-corrected chi connectivity index (χ2v) is 8.63. The first-order valence-electron chi connectivity index (χ1n) is 11.6. The maximum Gasteiger partial charge on any atom is 0.257 e. The molecule has 32 heavy (non-hydrogen) atoms. The van der Waals surface area contributed by atoms with Crippen LogP contribution in [0.2, 0.25) is 0 Å². The van der Waals surface area contributed by atoms with E-state index in [9.17, 15) is 9.59 Å². The third kappa shape index (κ3) is 4.76. The molecule has 1 aromatic heterocycles. The standard InChI is InChI=1S/C25H32N4O3/c1-18-26-17-20(25(31)28-14-6-3-7-15-28)24(27-18)21-10-8-16-29(21)23(30)13-12-19-9-4-5-11-22(19)32-2/h4-5,9,11,17,21H,3,6-8,10,12-16H2,1-2H3/t21-/m1/s1. The molecule has 3 heterocycles. The summed E-state index contributed by atoms with van der Waals surface area (Å²) < 4.78 is 5.42. The Bertz CT molecular complexity index is 971. The number of para-hydroxylation sites is 1. The SMILES string of the molecule is COc1ccccc1CCC(=O)N1CCC[C@@H]1c1nc(C)ncc1C(=O)N1CCCCC1. The number of likely N-dealkylation sites (tertiary alicyclic amines) is 2. The Kier molecular flexibility index (Phi) is 7.02. The maximum atomic E-state index is 13.3. The number of methoxy groups -OCH3 is 1. The summed E-state index contributed by atoms with van der Waals surface area (Å²) in [5, 5.41) is 0. The van der Waals surface area contributed by atoms with Crippen LogP contribution in [-0.2, 0) is 11.2 Å². The van der Waals surface area contributed by atoms with Crippen molar-refractivity contribution >= 4 is 11.8 Å². The Balaban J connectivity index is 1.53. The van der Waals surface area contributed by atoms with Gasteiger partial charge in [-0.15, -0.1) is 0 Å². The number of amides is 2. The summed E-state index contributed by atoms with van der Waals surface area (Å²) in [5.74, 6) is 1.52. The summed E-state index contributed by atoms with van der Waals surface area (Å²) in [6.07, 6.45) is 7.63. The molecule has 2 fully saturated rings. The van der Waals surface area contributed by atoms with Crippen molar-refractivity contribution in [3.63, 3.8) is 0 Å². The lowest BCUT2D eigenvalue weighted by atomic mass is 10.0. The Morgan fingerprint density at radius 3 is 2.66 bits per heavy atom. The van der Waals surface area contributed by atoms with Crippen molar-refractivity contribution in [2.24, 2.45) is 0 Å². The maximum absolute atomic E-state index is 13.3. The van der Waals surface area contributed by atoms with E-state index in [1.807, 2.05) is 41.0 Å². The quantitative estimate of drug-likeness (QED) is 0.690. The van der Waals surface area contributed by atoms with Crippen molar-refractivity contribution in [3.8, 4) is 5.75 Å². The fraction of sp³-hybridized carbons (Fsp3) is 0.520. The number of ether oxygens (including phenoxy) is 1. The molecule has 7 nitrogen and oxygen atoms in total. The first-order chi connectivity index (χ1) is 15.6. The van der Waals surface area contributed by atoms with E-state index in [4.69, 9.17) is 4.74 Å². The molecular weight excluding hydrogens is 404 g/mol. The van der Waals surface area contributed by atoms with Gasteiger partial charge in [-0.05, 0) is 57.1 Å². The largest absolute Gasteiger partial charge is 0.496 e. The van der Waals surface area contributed by atoms with Crippen molar-refractivity contribution in [2.45, 2.75) is 57.9 Å². The molecule has 0 saturated carbocycles. The average Bonchev–Trinajstić information content (AvgIpc) is 3.33. The van der Waals surface area contributed by atoms with Gasteiger partial charge in [-0.1, -0.05) is 18.2 Å². The minimum Gasteiger partial charge on any atom is -0.496 e. The molecule has 4 rings (SSSR count). The van der Waals surface area contributed by atoms with Gasteiger partial charge in [0.05, 0.1) is 24.4 Å². The van der Waals surface area contributed by atoms with Crippen LogP contribution in [0, 0.1) is 6.92 Å². The van der Waals surface area contributed by atoms with E-state index in [2.05, 4.69) is 9.97 Å². The minimum atomic E-state index is -0.175. The van der Waals surface area contributed by atoms with Gasteiger partial charge in [-0.25, -0.2) is 9.97 Å². The smallest absolute Gasteiger partial charge is 0.257 e. The summed E-state index contributed by atoms with van der Waals surface area (Å²) >= 11 is 0. The third-order valence-corrected chi connectivity index (χ3v) is 6.50. The van der Waals surface area contributed by atoms with Gasteiger partial charge in [0.1, 0.15) is 11.6 Å². The Hall–Kier alpha value is -2.96. The first-order valence-corrected chi connectivity index (χ1v) is 11.6. The van der Waals surface area contributed by atoms with Gasteiger partial charge in [0.15, 0.2) is 0 Å². The minimum absolute atomic E-state index is 0.00646. The van der Waals surface area contributed by atoms with Crippen LogP contribution in [0.15, 0.2) is 30.5 Å². The number of hydrogen-bond acceptors (Lipinski definition) is 5. The third-order valence-electron chi connectivity index (χ3n) is 6.50. The molecule has 2 aromatic rings. The molecule has 2 aliphatic heterocycles. The lowest BCUT2D eigenvalue weighted by Crippen LogP contribution is -2.38. The molecule has 2 aliphatic rings. The van der Waals surface area contributed by atoms with E-state index >= 15 is 0 Å². The van der Waals surface area contributed by atoms with E-state index in [-0.39, 0.29) is 17.9 Å². The first kappa shape index (κ1) is 22.2. The highest BCUT2D eigenvalue weighted by molar-refractivity contribution is 5.95. The number of aromatic nitrogens is 2. The molecule has 2 amide bonds. The number of hydrogen-bond donors (Lipinski definition) is 0. The van der Waals surface area contributed by atoms with Gasteiger partial charge in [-0.3, -0.25) is 9.59 Å².